The Morgan fingerprint density at radius 1 is 1.03 bits per heavy atom. The van der Waals surface area contributed by atoms with E-state index in [0.29, 0.717) is 30.0 Å². The molecule has 0 spiro atoms. The first-order valence-electron chi connectivity index (χ1n) is 13.0. The van der Waals surface area contributed by atoms with Gasteiger partial charge in [0.15, 0.2) is 0 Å². The van der Waals surface area contributed by atoms with E-state index >= 15 is 0 Å². The quantitative estimate of drug-likeness (QED) is 0.283. The van der Waals surface area contributed by atoms with Crippen molar-refractivity contribution in [1.29, 1.82) is 0 Å². The van der Waals surface area contributed by atoms with E-state index in [-0.39, 0.29) is 30.1 Å². The van der Waals surface area contributed by atoms with Crippen molar-refractivity contribution in [2.75, 3.05) is 62.2 Å². The molecule has 1 aromatic heterocycles. The van der Waals surface area contributed by atoms with Crippen molar-refractivity contribution in [2.24, 2.45) is 0 Å². The normalized spacial score (nSPS) is 16.1. The molecule has 0 saturated carbocycles. The summed E-state index contributed by atoms with van der Waals surface area (Å²) in [5.74, 6) is 0.572. The van der Waals surface area contributed by atoms with Gasteiger partial charge >= 0.3 is 0 Å². The van der Waals surface area contributed by atoms with Crippen molar-refractivity contribution in [1.82, 2.24) is 13.9 Å². The third-order valence-electron chi connectivity index (χ3n) is 6.85. The van der Waals surface area contributed by atoms with Crippen molar-refractivity contribution in [3.63, 3.8) is 0 Å². The van der Waals surface area contributed by atoms with Crippen molar-refractivity contribution >= 4 is 38.7 Å². The number of benzene rings is 2. The average molecular weight is 556 g/mol. The fraction of sp³-hybridized carbons (Fsp3) is 0.407. The number of anilines is 4. The van der Waals surface area contributed by atoms with Gasteiger partial charge in [0.1, 0.15) is 17.3 Å². The van der Waals surface area contributed by atoms with Crippen LogP contribution < -0.4 is 21.3 Å². The number of imidazole rings is 1. The lowest BCUT2D eigenvalue weighted by Crippen LogP contribution is -2.46. The third kappa shape index (κ3) is 6.35. The Morgan fingerprint density at radius 2 is 1.72 bits per heavy atom. The van der Waals surface area contributed by atoms with Crippen LogP contribution in [0.5, 0.6) is 0 Å². The van der Waals surface area contributed by atoms with Crippen LogP contribution in [-0.2, 0) is 19.6 Å². The van der Waals surface area contributed by atoms with Crippen molar-refractivity contribution in [3.8, 4) is 5.69 Å². The molecule has 39 heavy (non-hydrogen) atoms. The van der Waals surface area contributed by atoms with Gasteiger partial charge in [0.25, 0.3) is 0 Å². The summed E-state index contributed by atoms with van der Waals surface area (Å²) in [4.78, 5) is 17.0. The van der Waals surface area contributed by atoms with Gasteiger partial charge in [-0.3, -0.25) is 4.79 Å². The van der Waals surface area contributed by atoms with Crippen LogP contribution in [0.2, 0.25) is 0 Å². The number of aryl methyl sites for hydroxylation is 1. The molecule has 4 rings (SSSR count). The Balaban J connectivity index is 1.40. The van der Waals surface area contributed by atoms with Gasteiger partial charge in [0.2, 0.25) is 15.9 Å². The molecule has 1 unspecified atom stereocenters. The van der Waals surface area contributed by atoms with Crippen LogP contribution >= 0.6 is 0 Å². The molecule has 0 aliphatic carbocycles. The molecule has 0 bridgehead atoms. The summed E-state index contributed by atoms with van der Waals surface area (Å²) in [6.07, 6.45) is 5.94. The molecule has 2 aromatic carbocycles. The molecule has 1 aliphatic rings. The number of aromatic nitrogens is 2. The smallest absolute Gasteiger partial charge is 0.250 e. The molecule has 4 N–H and O–H groups in total. The van der Waals surface area contributed by atoms with Gasteiger partial charge in [-0.1, -0.05) is 6.42 Å². The number of hydrogen-bond acceptors (Lipinski definition) is 8. The highest BCUT2D eigenvalue weighted by Crippen LogP contribution is 2.37. The summed E-state index contributed by atoms with van der Waals surface area (Å²) in [7, 11) is 1.34. The first kappa shape index (κ1) is 28.4. The van der Waals surface area contributed by atoms with Crippen LogP contribution in [0, 0.1) is 6.92 Å². The van der Waals surface area contributed by atoms with Gasteiger partial charge in [-0.15, -0.1) is 0 Å². The number of sulfonamides is 1. The number of hydrogen-bond donors (Lipinski definition) is 4. The minimum atomic E-state index is -3.85. The van der Waals surface area contributed by atoms with Gasteiger partial charge in [-0.2, -0.15) is 4.31 Å². The highest BCUT2D eigenvalue weighted by Gasteiger charge is 2.36. The zero-order valence-electron chi connectivity index (χ0n) is 22.8. The molecule has 1 atom stereocenters. The zero-order valence-corrected chi connectivity index (χ0v) is 23.6. The van der Waals surface area contributed by atoms with Crippen LogP contribution in [0.1, 0.15) is 25.1 Å². The van der Waals surface area contributed by atoms with E-state index in [1.54, 1.807) is 39.5 Å². The molecule has 210 valence electrons. The maximum Gasteiger partial charge on any atom is 0.250 e. The number of piperidine rings is 1. The van der Waals surface area contributed by atoms with Gasteiger partial charge in [-0.25, -0.2) is 13.4 Å². The van der Waals surface area contributed by atoms with E-state index in [1.165, 1.54) is 4.31 Å². The fourth-order valence-corrected chi connectivity index (χ4v) is 6.88. The van der Waals surface area contributed by atoms with Gasteiger partial charge in [0, 0.05) is 63.2 Å². The second kappa shape index (κ2) is 12.5. The van der Waals surface area contributed by atoms with E-state index < -0.39 is 10.0 Å². The van der Waals surface area contributed by atoms with E-state index in [9.17, 15) is 13.2 Å². The highest BCUT2D eigenvalue weighted by molar-refractivity contribution is 7.89. The van der Waals surface area contributed by atoms with Gasteiger partial charge < -0.3 is 30.6 Å². The van der Waals surface area contributed by atoms with Crippen molar-refractivity contribution in [2.45, 2.75) is 37.1 Å². The first-order chi connectivity index (χ1) is 18.8. The molecular weight excluding hydrogens is 518 g/mol. The van der Waals surface area contributed by atoms with E-state index in [0.717, 1.165) is 30.0 Å². The summed E-state index contributed by atoms with van der Waals surface area (Å²) in [6, 6.07) is 10.6. The largest absolute Gasteiger partial charge is 0.388 e. The third-order valence-corrected chi connectivity index (χ3v) is 8.91. The lowest BCUT2D eigenvalue weighted by Gasteiger charge is -2.35. The van der Waals surface area contributed by atoms with E-state index in [4.69, 9.17) is 4.74 Å². The molecular formula is C27H37N7O4S. The molecule has 0 radical (unpaired) electrons. The fourth-order valence-electron chi connectivity index (χ4n) is 4.84. The second-order valence-electron chi connectivity index (χ2n) is 9.37. The molecule has 1 saturated heterocycles. The summed E-state index contributed by atoms with van der Waals surface area (Å²) in [5.41, 5.74) is 3.39. The summed E-state index contributed by atoms with van der Waals surface area (Å²) >= 11 is 0. The number of carbonyl (C=O) groups is 1. The van der Waals surface area contributed by atoms with Crippen LogP contribution in [0.25, 0.3) is 5.69 Å². The zero-order chi connectivity index (χ0) is 28.0. The number of ether oxygens (including phenoxy) is 1. The summed E-state index contributed by atoms with van der Waals surface area (Å²) in [6.45, 7) is 2.27. The Labute approximate surface area is 230 Å². The molecule has 3 aromatic rings. The minimum Gasteiger partial charge on any atom is -0.388 e. The SMILES string of the molecule is CNc1cc(NC)c(S(=O)(=O)N2CCCCC2COCC(=O)Nc2ccc(-n3ccnc3C)cc2)c(NC)c1. The predicted molar refractivity (Wildman–Crippen MR) is 154 cm³/mol. The second-order valence-corrected chi connectivity index (χ2v) is 11.2. The Morgan fingerprint density at radius 3 is 2.31 bits per heavy atom. The monoisotopic (exact) mass is 555 g/mol. The lowest BCUT2D eigenvalue weighted by atomic mass is 10.1. The van der Waals surface area contributed by atoms with Crippen molar-refractivity contribution < 1.29 is 17.9 Å². The maximum absolute atomic E-state index is 13.9. The molecule has 1 fully saturated rings. The molecule has 11 nitrogen and oxygen atoms in total. The Hall–Kier alpha value is -3.61. The van der Waals surface area contributed by atoms with Crippen LogP contribution in [0.4, 0.5) is 22.7 Å². The molecule has 1 aliphatic heterocycles. The minimum absolute atomic E-state index is 0.129. The Kier molecular flexibility index (Phi) is 9.10. The van der Waals surface area contributed by atoms with Crippen LogP contribution in [0.15, 0.2) is 53.7 Å². The van der Waals surface area contributed by atoms with Crippen LogP contribution in [0.3, 0.4) is 0 Å². The van der Waals surface area contributed by atoms with E-state index in [2.05, 4.69) is 26.3 Å². The van der Waals surface area contributed by atoms with Crippen LogP contribution in [-0.4, -0.2) is 75.1 Å². The van der Waals surface area contributed by atoms with Crippen molar-refractivity contribution in [3.05, 3.63) is 54.6 Å². The summed E-state index contributed by atoms with van der Waals surface area (Å²) in [5, 5.41) is 11.9. The van der Waals surface area contributed by atoms with Gasteiger partial charge in [0.05, 0.1) is 18.0 Å². The number of nitrogens with zero attached hydrogens (tertiary/aromatic N) is 3. The number of rotatable bonds is 11. The highest BCUT2D eigenvalue weighted by atomic mass is 32.2. The van der Waals surface area contributed by atoms with E-state index in [1.807, 2.05) is 42.0 Å². The Bertz CT molecular complexity index is 1360. The van der Waals surface area contributed by atoms with Gasteiger partial charge in [-0.05, 0) is 56.2 Å². The number of carbonyl (C=O) groups excluding carboxylic acids is 1. The molecule has 2 heterocycles. The lowest BCUT2D eigenvalue weighted by molar-refractivity contribution is -0.121. The molecule has 12 heteroatoms. The molecule has 1 amide bonds. The standard InChI is InChI=1S/C27H37N7O4S/c1-19-31-12-14-33(19)22-10-8-20(9-11-22)32-26(35)18-38-17-23-7-5-6-13-34(23)39(36,37)27-24(29-3)15-21(28-2)16-25(27)30-4/h8-12,14-16,23,28-30H,5-7,13,17-18H2,1-4H3,(H,32,35). The maximum atomic E-state index is 13.9. The predicted octanol–water partition coefficient (Wildman–Crippen LogP) is 3.50. The summed E-state index contributed by atoms with van der Waals surface area (Å²) < 4.78 is 37.0. The number of nitrogens with one attached hydrogen (secondary N) is 4. The average Bonchev–Trinajstić information content (AvgIpc) is 3.38. The number of amides is 1. The topological polar surface area (TPSA) is 130 Å². The first-order valence-corrected chi connectivity index (χ1v) is 14.4.